The first-order valence-electron chi connectivity index (χ1n) is 9.57. The molecule has 1 amide bonds. The van der Waals surface area contributed by atoms with Gasteiger partial charge in [0.2, 0.25) is 17.5 Å². The normalized spacial score (nSPS) is 14.9. The molecule has 1 aliphatic rings. The highest BCUT2D eigenvalue weighted by molar-refractivity contribution is 5.92. The van der Waals surface area contributed by atoms with Gasteiger partial charge >= 0.3 is 6.18 Å². The maximum Gasteiger partial charge on any atom is 0.417 e. The Kier molecular flexibility index (Phi) is 5.48. The minimum Gasteiger partial charge on any atom is -0.459 e. The van der Waals surface area contributed by atoms with Gasteiger partial charge in [0, 0.05) is 25.2 Å². The Morgan fingerprint density at radius 2 is 2.09 bits per heavy atom. The van der Waals surface area contributed by atoms with E-state index in [9.17, 15) is 28.0 Å². The number of H-pyrrole nitrogens is 1. The van der Waals surface area contributed by atoms with Gasteiger partial charge in [-0.3, -0.25) is 9.59 Å². The molecule has 12 heteroatoms. The number of oxazole rings is 1. The third-order valence-corrected chi connectivity index (χ3v) is 5.09. The number of carbonyl (C=O) groups is 1. The zero-order valence-electron chi connectivity index (χ0n) is 16.4. The highest BCUT2D eigenvalue weighted by atomic mass is 19.4. The number of nitrogens with one attached hydrogen (secondary N) is 2. The summed E-state index contributed by atoms with van der Waals surface area (Å²) in [6.07, 6.45) is -1.98. The van der Waals surface area contributed by atoms with Gasteiger partial charge in [-0.15, -0.1) is 0 Å². The SMILES string of the molecule is N#Cc1nc(-c2ccco2)oc1N1CCC(C(=O)Nc2cc(C(F)(F)F)c[nH]c2=O)CC1. The number of amides is 1. The van der Waals surface area contributed by atoms with E-state index in [0.717, 1.165) is 0 Å². The van der Waals surface area contributed by atoms with Crippen LogP contribution in [0.1, 0.15) is 24.1 Å². The number of aromatic amines is 1. The number of nitriles is 1. The number of halogens is 3. The number of hydrogen-bond donors (Lipinski definition) is 2. The molecule has 0 saturated carbocycles. The largest absolute Gasteiger partial charge is 0.459 e. The van der Waals surface area contributed by atoms with Gasteiger partial charge in [0.25, 0.3) is 11.4 Å². The summed E-state index contributed by atoms with van der Waals surface area (Å²) in [6.45, 7) is 0.691. The summed E-state index contributed by atoms with van der Waals surface area (Å²) >= 11 is 0. The number of hydrogen-bond acceptors (Lipinski definition) is 7. The van der Waals surface area contributed by atoms with E-state index in [1.165, 1.54) is 6.26 Å². The molecule has 0 radical (unpaired) electrons. The Hall–Kier alpha value is -4.01. The molecule has 0 aliphatic carbocycles. The predicted molar refractivity (Wildman–Crippen MR) is 105 cm³/mol. The quantitative estimate of drug-likeness (QED) is 0.628. The molecule has 9 nitrogen and oxygen atoms in total. The monoisotopic (exact) mass is 447 g/mol. The highest BCUT2D eigenvalue weighted by Crippen LogP contribution is 2.32. The van der Waals surface area contributed by atoms with Gasteiger partial charge in [-0.25, -0.2) is 0 Å². The molecule has 0 spiro atoms. The van der Waals surface area contributed by atoms with Crippen molar-refractivity contribution in [3.63, 3.8) is 0 Å². The fourth-order valence-electron chi connectivity index (χ4n) is 3.42. The first-order chi connectivity index (χ1) is 15.3. The van der Waals surface area contributed by atoms with Gasteiger partial charge in [-0.2, -0.15) is 23.4 Å². The van der Waals surface area contributed by atoms with E-state index in [2.05, 4.69) is 10.3 Å². The summed E-state index contributed by atoms with van der Waals surface area (Å²) in [4.78, 5) is 32.2. The molecule has 4 heterocycles. The number of nitrogens with zero attached hydrogens (tertiary/aromatic N) is 3. The Bertz CT molecular complexity index is 1220. The van der Waals surface area contributed by atoms with E-state index in [4.69, 9.17) is 8.83 Å². The van der Waals surface area contributed by atoms with E-state index < -0.39 is 34.8 Å². The maximum atomic E-state index is 12.9. The van der Waals surface area contributed by atoms with Gasteiger partial charge in [0.05, 0.1) is 11.8 Å². The van der Waals surface area contributed by atoms with E-state index in [1.54, 1.807) is 17.0 Å². The van der Waals surface area contributed by atoms with Crippen LogP contribution in [0.15, 0.2) is 44.3 Å². The van der Waals surface area contributed by atoms with Crippen LogP contribution < -0.4 is 15.8 Å². The van der Waals surface area contributed by atoms with Gasteiger partial charge in [-0.1, -0.05) is 0 Å². The first-order valence-corrected chi connectivity index (χ1v) is 9.57. The average Bonchev–Trinajstić information content (AvgIpc) is 3.44. The third kappa shape index (κ3) is 4.22. The number of alkyl halides is 3. The first kappa shape index (κ1) is 21.2. The van der Waals surface area contributed by atoms with Crippen LogP contribution in [0.3, 0.4) is 0 Å². The highest BCUT2D eigenvalue weighted by Gasteiger charge is 2.33. The lowest BCUT2D eigenvalue weighted by Gasteiger charge is -2.30. The molecule has 0 atom stereocenters. The smallest absolute Gasteiger partial charge is 0.417 e. The molecule has 1 saturated heterocycles. The zero-order valence-corrected chi connectivity index (χ0v) is 16.4. The van der Waals surface area contributed by atoms with Crippen molar-refractivity contribution in [3.8, 4) is 17.7 Å². The van der Waals surface area contributed by atoms with Crippen LogP contribution in [0.25, 0.3) is 11.7 Å². The van der Waals surface area contributed by atoms with Crippen molar-refractivity contribution in [2.75, 3.05) is 23.3 Å². The van der Waals surface area contributed by atoms with Crippen LogP contribution in [-0.2, 0) is 11.0 Å². The van der Waals surface area contributed by atoms with Gasteiger partial charge < -0.3 is 24.0 Å². The molecular weight excluding hydrogens is 431 g/mol. The molecule has 2 N–H and O–H groups in total. The van der Waals surface area contributed by atoms with Crippen molar-refractivity contribution in [1.82, 2.24) is 9.97 Å². The lowest BCUT2D eigenvalue weighted by Crippen LogP contribution is -2.39. The molecule has 1 aliphatic heterocycles. The fourth-order valence-corrected chi connectivity index (χ4v) is 3.42. The van der Waals surface area contributed by atoms with Crippen molar-refractivity contribution in [2.45, 2.75) is 19.0 Å². The van der Waals surface area contributed by atoms with Crippen molar-refractivity contribution in [3.05, 3.63) is 52.3 Å². The number of aromatic nitrogens is 2. The Morgan fingerprint density at radius 1 is 1.34 bits per heavy atom. The summed E-state index contributed by atoms with van der Waals surface area (Å²) in [6, 6.07) is 5.87. The zero-order chi connectivity index (χ0) is 22.9. The van der Waals surface area contributed by atoms with Crippen molar-refractivity contribution >= 4 is 17.5 Å². The summed E-state index contributed by atoms with van der Waals surface area (Å²) in [7, 11) is 0. The molecule has 0 bridgehead atoms. The summed E-state index contributed by atoms with van der Waals surface area (Å²) in [5.74, 6) is -0.299. The second-order valence-corrected chi connectivity index (χ2v) is 7.14. The lowest BCUT2D eigenvalue weighted by molar-refractivity contribution is -0.137. The molecule has 0 aromatic carbocycles. The van der Waals surface area contributed by atoms with Gasteiger partial charge in [-0.05, 0) is 31.0 Å². The number of anilines is 2. The van der Waals surface area contributed by atoms with Crippen molar-refractivity contribution in [1.29, 1.82) is 5.26 Å². The molecule has 166 valence electrons. The molecular formula is C20H16F3N5O4. The van der Waals surface area contributed by atoms with Crippen LogP contribution >= 0.6 is 0 Å². The van der Waals surface area contributed by atoms with Gasteiger partial charge in [0.1, 0.15) is 11.8 Å². The van der Waals surface area contributed by atoms with E-state index >= 15 is 0 Å². The topological polar surface area (TPSA) is 128 Å². The number of pyridine rings is 1. The number of piperidine rings is 1. The second-order valence-electron chi connectivity index (χ2n) is 7.14. The summed E-state index contributed by atoms with van der Waals surface area (Å²) in [5.41, 5.74) is -2.27. The molecule has 32 heavy (non-hydrogen) atoms. The minimum atomic E-state index is -4.65. The average molecular weight is 447 g/mol. The molecule has 4 rings (SSSR count). The van der Waals surface area contributed by atoms with Crippen molar-refractivity contribution < 1.29 is 26.8 Å². The molecule has 3 aromatic rings. The number of rotatable bonds is 4. The molecule has 1 fully saturated rings. The second kappa shape index (κ2) is 8.26. The van der Waals surface area contributed by atoms with Crippen molar-refractivity contribution in [2.24, 2.45) is 5.92 Å². The van der Waals surface area contributed by atoms with E-state index in [0.29, 0.717) is 44.0 Å². The lowest BCUT2D eigenvalue weighted by atomic mass is 9.96. The van der Waals surface area contributed by atoms with Gasteiger partial charge in [0.15, 0.2) is 5.76 Å². The predicted octanol–water partition coefficient (Wildman–Crippen LogP) is 3.37. The Balaban J connectivity index is 1.43. The maximum absolute atomic E-state index is 12.9. The van der Waals surface area contributed by atoms with Crippen LogP contribution in [0.5, 0.6) is 0 Å². The Labute approximate surface area is 178 Å². The van der Waals surface area contributed by atoms with Crippen LogP contribution in [0, 0.1) is 17.2 Å². The molecule has 0 unspecified atom stereocenters. The third-order valence-electron chi connectivity index (χ3n) is 5.09. The number of furan rings is 1. The molecule has 3 aromatic heterocycles. The van der Waals surface area contributed by atoms with Crippen LogP contribution in [0.2, 0.25) is 0 Å². The summed E-state index contributed by atoms with van der Waals surface area (Å²) in [5, 5.41) is 11.7. The fraction of sp³-hybridized carbons (Fsp3) is 0.300. The Morgan fingerprint density at radius 3 is 2.72 bits per heavy atom. The van der Waals surface area contributed by atoms with Crippen LogP contribution in [0.4, 0.5) is 24.7 Å². The number of carbonyl (C=O) groups excluding carboxylic acids is 1. The summed E-state index contributed by atoms with van der Waals surface area (Å²) < 4.78 is 49.5. The van der Waals surface area contributed by atoms with Crippen LogP contribution in [-0.4, -0.2) is 29.0 Å². The standard InChI is InChI=1S/C20H16F3N5O4/c21-20(22,23)12-8-13(17(30)25-10-12)26-16(29)11-3-5-28(6-4-11)19-14(9-24)27-18(32-19)15-2-1-7-31-15/h1-2,7-8,10-11H,3-6H2,(H,25,30)(H,26,29). The van der Waals surface area contributed by atoms with E-state index in [-0.39, 0.29) is 17.5 Å². The minimum absolute atomic E-state index is 0.0785. The van der Waals surface area contributed by atoms with E-state index in [1.807, 2.05) is 11.1 Å².